The maximum Gasteiger partial charge on any atom is 0.290 e. The van der Waals surface area contributed by atoms with Crippen molar-refractivity contribution in [3.8, 4) is 11.3 Å². The maximum absolute atomic E-state index is 11.6. The number of imide groups is 1. The molecule has 2 amide bonds. The van der Waals surface area contributed by atoms with Crippen LogP contribution >= 0.6 is 35.0 Å². The standard InChI is InChI=1S/C15H10Cl2N2O2S/c1-19-11(7-13-14(20)18-15(21)22-13)2-3-12(19)8-4-9(16)6-10(17)5-8/h2-7H,1H3,(H,18,20,21)/b13-7+. The van der Waals surface area contributed by atoms with Crippen molar-refractivity contribution in [2.75, 3.05) is 0 Å². The number of thioether (sulfide) groups is 1. The minimum Gasteiger partial charge on any atom is -0.344 e. The Morgan fingerprint density at radius 2 is 1.82 bits per heavy atom. The average Bonchev–Trinajstić information content (AvgIpc) is 2.93. The van der Waals surface area contributed by atoms with E-state index in [0.717, 1.165) is 28.7 Å². The summed E-state index contributed by atoms with van der Waals surface area (Å²) in [4.78, 5) is 23.2. The number of aromatic nitrogens is 1. The first kappa shape index (κ1) is 15.2. The molecule has 22 heavy (non-hydrogen) atoms. The van der Waals surface area contributed by atoms with Crippen LogP contribution in [-0.4, -0.2) is 15.7 Å². The van der Waals surface area contributed by atoms with E-state index in [1.54, 1.807) is 12.1 Å². The lowest BCUT2D eigenvalue weighted by Gasteiger charge is -2.07. The van der Waals surface area contributed by atoms with Crippen molar-refractivity contribution in [2.45, 2.75) is 0 Å². The molecule has 0 radical (unpaired) electrons. The van der Waals surface area contributed by atoms with Gasteiger partial charge in [-0.3, -0.25) is 14.9 Å². The second-order valence-electron chi connectivity index (χ2n) is 4.71. The van der Waals surface area contributed by atoms with Gasteiger partial charge in [-0.15, -0.1) is 0 Å². The smallest absolute Gasteiger partial charge is 0.290 e. The molecule has 0 saturated carbocycles. The van der Waals surface area contributed by atoms with E-state index in [1.165, 1.54) is 0 Å². The normalized spacial score (nSPS) is 16.4. The van der Waals surface area contributed by atoms with Gasteiger partial charge in [0.15, 0.2) is 0 Å². The van der Waals surface area contributed by atoms with Crippen LogP contribution in [0.25, 0.3) is 17.3 Å². The Morgan fingerprint density at radius 3 is 2.41 bits per heavy atom. The number of carbonyl (C=O) groups excluding carboxylic acids is 2. The van der Waals surface area contributed by atoms with E-state index in [2.05, 4.69) is 5.32 Å². The third kappa shape index (κ3) is 2.92. The topological polar surface area (TPSA) is 51.1 Å². The minimum absolute atomic E-state index is 0.354. The zero-order chi connectivity index (χ0) is 15.9. The van der Waals surface area contributed by atoms with Crippen molar-refractivity contribution in [1.29, 1.82) is 0 Å². The van der Waals surface area contributed by atoms with Gasteiger partial charge >= 0.3 is 0 Å². The maximum atomic E-state index is 11.6. The summed E-state index contributed by atoms with van der Waals surface area (Å²) >= 11 is 13.0. The molecule has 4 nitrogen and oxygen atoms in total. The van der Waals surface area contributed by atoms with Crippen molar-refractivity contribution in [2.24, 2.45) is 7.05 Å². The number of nitrogens with one attached hydrogen (secondary N) is 1. The molecule has 3 rings (SSSR count). The predicted octanol–water partition coefficient (Wildman–Crippen LogP) is 4.32. The van der Waals surface area contributed by atoms with Crippen LogP contribution in [0, 0.1) is 0 Å². The third-order valence-electron chi connectivity index (χ3n) is 3.24. The average molecular weight is 353 g/mol. The summed E-state index contributed by atoms with van der Waals surface area (Å²) in [6, 6.07) is 9.09. The van der Waals surface area contributed by atoms with Gasteiger partial charge in [-0.25, -0.2) is 0 Å². The first-order valence-corrected chi connectivity index (χ1v) is 7.88. The molecule has 0 spiro atoms. The molecule has 0 unspecified atom stereocenters. The molecule has 1 N–H and O–H groups in total. The summed E-state index contributed by atoms with van der Waals surface area (Å²) in [5, 5.41) is 2.99. The van der Waals surface area contributed by atoms with Gasteiger partial charge < -0.3 is 4.57 Å². The molecule has 1 fully saturated rings. The predicted molar refractivity (Wildman–Crippen MR) is 90.0 cm³/mol. The molecule has 7 heteroatoms. The molecule has 1 aromatic carbocycles. The molecule has 0 bridgehead atoms. The highest BCUT2D eigenvalue weighted by Crippen LogP contribution is 2.30. The summed E-state index contributed by atoms with van der Waals surface area (Å²) in [6.07, 6.45) is 1.68. The third-order valence-corrected chi connectivity index (χ3v) is 4.49. The monoisotopic (exact) mass is 352 g/mol. The fraction of sp³-hybridized carbons (Fsp3) is 0.0667. The summed E-state index contributed by atoms with van der Waals surface area (Å²) in [7, 11) is 1.87. The van der Waals surface area contributed by atoms with Crippen LogP contribution in [0.3, 0.4) is 0 Å². The van der Waals surface area contributed by atoms with Gasteiger partial charge in [0, 0.05) is 34.0 Å². The summed E-state index contributed by atoms with van der Waals surface area (Å²) < 4.78 is 1.91. The molecule has 1 aliphatic rings. The minimum atomic E-state index is -0.372. The zero-order valence-electron chi connectivity index (χ0n) is 11.4. The van der Waals surface area contributed by atoms with Crippen LogP contribution in [0.2, 0.25) is 10.0 Å². The van der Waals surface area contributed by atoms with E-state index in [1.807, 2.05) is 35.9 Å². The molecule has 2 aromatic rings. The molecule has 1 aromatic heterocycles. The fourth-order valence-electron chi connectivity index (χ4n) is 2.22. The Bertz CT molecular complexity index is 807. The van der Waals surface area contributed by atoms with Crippen LogP contribution in [-0.2, 0) is 11.8 Å². The Kier molecular flexibility index (Phi) is 4.04. The number of carbonyl (C=O) groups is 2. The molecule has 0 atom stereocenters. The molecule has 1 saturated heterocycles. The molecule has 2 heterocycles. The fourth-order valence-corrected chi connectivity index (χ4v) is 3.41. The number of nitrogens with zero attached hydrogens (tertiary/aromatic N) is 1. The van der Waals surface area contributed by atoms with Gasteiger partial charge in [0.05, 0.1) is 4.91 Å². The molecule has 1 aliphatic heterocycles. The van der Waals surface area contributed by atoms with Gasteiger partial charge in [-0.05, 0) is 48.2 Å². The Hall–Kier alpha value is -1.69. The Labute approximate surface area is 141 Å². The van der Waals surface area contributed by atoms with E-state index < -0.39 is 0 Å². The molecule has 0 aliphatic carbocycles. The Morgan fingerprint density at radius 1 is 1.14 bits per heavy atom. The van der Waals surface area contributed by atoms with Crippen LogP contribution < -0.4 is 5.32 Å². The quantitative estimate of drug-likeness (QED) is 0.818. The first-order chi connectivity index (χ1) is 10.4. The number of halogens is 2. The lowest BCUT2D eigenvalue weighted by molar-refractivity contribution is -0.115. The van der Waals surface area contributed by atoms with Crippen molar-refractivity contribution in [3.05, 3.63) is 51.0 Å². The van der Waals surface area contributed by atoms with E-state index in [9.17, 15) is 9.59 Å². The summed E-state index contributed by atoms with van der Waals surface area (Å²) in [5.41, 5.74) is 2.59. The highest BCUT2D eigenvalue weighted by atomic mass is 35.5. The van der Waals surface area contributed by atoms with E-state index in [0.29, 0.717) is 15.0 Å². The lowest BCUT2D eigenvalue weighted by atomic mass is 10.1. The van der Waals surface area contributed by atoms with Gasteiger partial charge in [-0.2, -0.15) is 0 Å². The van der Waals surface area contributed by atoms with Crippen molar-refractivity contribution in [3.63, 3.8) is 0 Å². The number of hydrogen-bond acceptors (Lipinski definition) is 3. The first-order valence-electron chi connectivity index (χ1n) is 6.31. The zero-order valence-corrected chi connectivity index (χ0v) is 13.7. The van der Waals surface area contributed by atoms with Crippen LogP contribution in [0.1, 0.15) is 5.69 Å². The number of benzene rings is 1. The van der Waals surface area contributed by atoms with Crippen molar-refractivity contribution in [1.82, 2.24) is 9.88 Å². The van der Waals surface area contributed by atoms with Gasteiger partial charge in [-0.1, -0.05) is 23.2 Å². The van der Waals surface area contributed by atoms with Gasteiger partial charge in [0.25, 0.3) is 11.1 Å². The Balaban J connectivity index is 2.01. The van der Waals surface area contributed by atoms with Crippen molar-refractivity contribution >= 4 is 52.2 Å². The highest BCUT2D eigenvalue weighted by Gasteiger charge is 2.25. The number of hydrogen-bond donors (Lipinski definition) is 1. The number of amides is 2. The van der Waals surface area contributed by atoms with Crippen LogP contribution in [0.4, 0.5) is 4.79 Å². The summed E-state index contributed by atoms with van der Waals surface area (Å²) in [6.45, 7) is 0. The van der Waals surface area contributed by atoms with E-state index >= 15 is 0 Å². The highest BCUT2D eigenvalue weighted by molar-refractivity contribution is 8.18. The SMILES string of the molecule is Cn1c(/C=C2/SC(=O)NC2=O)ccc1-c1cc(Cl)cc(Cl)c1. The molecule has 112 valence electrons. The van der Waals surface area contributed by atoms with Crippen LogP contribution in [0.15, 0.2) is 35.2 Å². The second-order valence-corrected chi connectivity index (χ2v) is 6.60. The number of rotatable bonds is 2. The second kappa shape index (κ2) is 5.83. The van der Waals surface area contributed by atoms with Gasteiger partial charge in [0.2, 0.25) is 0 Å². The van der Waals surface area contributed by atoms with Crippen LogP contribution in [0.5, 0.6) is 0 Å². The van der Waals surface area contributed by atoms with Gasteiger partial charge in [0.1, 0.15) is 0 Å². The lowest BCUT2D eigenvalue weighted by Crippen LogP contribution is -2.17. The molecular formula is C15H10Cl2N2O2S. The summed E-state index contributed by atoms with van der Waals surface area (Å²) in [5.74, 6) is -0.372. The van der Waals surface area contributed by atoms with Crippen molar-refractivity contribution < 1.29 is 9.59 Å². The largest absolute Gasteiger partial charge is 0.344 e. The molecular weight excluding hydrogens is 343 g/mol. The van der Waals surface area contributed by atoms with E-state index in [-0.39, 0.29) is 11.1 Å². The van der Waals surface area contributed by atoms with E-state index in [4.69, 9.17) is 23.2 Å².